The number of aliphatic hydroxyl groups excluding tert-OH is 1. The van der Waals surface area contributed by atoms with E-state index in [4.69, 9.17) is 18.9 Å². The molecule has 13 nitrogen and oxygen atoms in total. The van der Waals surface area contributed by atoms with Gasteiger partial charge in [0.25, 0.3) is 5.91 Å². The number of piperidine rings is 1. The van der Waals surface area contributed by atoms with Crippen LogP contribution in [0, 0.1) is 17.8 Å². The van der Waals surface area contributed by atoms with Crippen LogP contribution in [0.15, 0.2) is 18.2 Å². The minimum absolute atomic E-state index is 0.110. The summed E-state index contributed by atoms with van der Waals surface area (Å²) in [5, 5.41) is 14.8. The first kappa shape index (κ1) is 39.4. The van der Waals surface area contributed by atoms with E-state index in [1.807, 2.05) is 27.7 Å². The molecule has 2 heterocycles. The monoisotopic (exact) mass is 702 g/mol. The maximum absolute atomic E-state index is 14.7. The molecule has 4 amide bonds. The summed E-state index contributed by atoms with van der Waals surface area (Å²) >= 11 is 0. The van der Waals surface area contributed by atoms with Crippen LogP contribution < -0.4 is 19.9 Å². The minimum atomic E-state index is -1.37. The van der Waals surface area contributed by atoms with Crippen molar-refractivity contribution in [1.82, 2.24) is 10.2 Å². The molecule has 0 spiro atoms. The molecule has 2 aliphatic heterocycles. The Balaban J connectivity index is 1.68. The maximum atomic E-state index is 14.7. The minimum Gasteiger partial charge on any atom is -0.476 e. The van der Waals surface area contributed by atoms with Crippen LogP contribution in [-0.2, 0) is 28.6 Å². The number of aliphatic hydroxyl groups is 1. The van der Waals surface area contributed by atoms with Crippen molar-refractivity contribution in [1.29, 1.82) is 0 Å². The fraction of sp³-hybridized carbons (Fsp3) is 0.730. The third kappa shape index (κ3) is 9.67. The van der Waals surface area contributed by atoms with Crippen LogP contribution in [0.5, 0.6) is 5.75 Å². The molecular weight excluding hydrogens is 644 g/mol. The summed E-state index contributed by atoms with van der Waals surface area (Å²) in [7, 11) is 0. The lowest BCUT2D eigenvalue weighted by Gasteiger charge is -2.42. The van der Waals surface area contributed by atoms with Crippen molar-refractivity contribution in [3.05, 3.63) is 18.2 Å². The van der Waals surface area contributed by atoms with Gasteiger partial charge in [-0.05, 0) is 91.8 Å². The zero-order valence-electron chi connectivity index (χ0n) is 31.3. The number of nitrogens with one attached hydrogen (secondary N) is 1. The number of carbonyl (C=O) groups is 4. The van der Waals surface area contributed by atoms with Gasteiger partial charge in [0.1, 0.15) is 11.4 Å². The van der Waals surface area contributed by atoms with Crippen LogP contribution in [0.25, 0.3) is 0 Å². The van der Waals surface area contributed by atoms with Crippen molar-refractivity contribution in [3.63, 3.8) is 0 Å². The first-order valence-corrected chi connectivity index (χ1v) is 18.1. The highest BCUT2D eigenvalue weighted by molar-refractivity contribution is 6.04. The van der Waals surface area contributed by atoms with Gasteiger partial charge in [-0.15, -0.1) is 0 Å². The van der Waals surface area contributed by atoms with Crippen molar-refractivity contribution >= 4 is 35.2 Å². The second kappa shape index (κ2) is 16.3. The lowest BCUT2D eigenvalue weighted by molar-refractivity contribution is -0.141. The van der Waals surface area contributed by atoms with Crippen molar-refractivity contribution in [3.8, 4) is 5.75 Å². The Kier molecular flexibility index (Phi) is 12.8. The van der Waals surface area contributed by atoms with E-state index >= 15 is 0 Å². The molecule has 50 heavy (non-hydrogen) atoms. The van der Waals surface area contributed by atoms with Gasteiger partial charge in [-0.1, -0.05) is 13.8 Å². The second-order valence-electron chi connectivity index (χ2n) is 15.4. The standard InChI is InChI=1S/C37H58N4O9/c1-10-47-17-16-40-29-19-26(14-15-30(29)49-37(8,9)34(40)45)41(25-12-13-25)33(44)28-21-39(35(46)50-36(5,6)7)20-27(31(28)42)32(43)38-24(18-23(3)4)22-48-11-2/h14-15,19,23-25,27-28,31,42H,10-13,16-18,20-22H2,1-9H3,(H,38,43)/t24-,27-,28+,31-/m1/s1. The Morgan fingerprint density at radius 2 is 1.74 bits per heavy atom. The lowest BCUT2D eigenvalue weighted by Crippen LogP contribution is -2.61. The molecule has 4 atom stereocenters. The average Bonchev–Trinajstić information content (AvgIpc) is 3.86. The van der Waals surface area contributed by atoms with Crippen LogP contribution in [-0.4, -0.2) is 109 Å². The normalized spacial score (nSPS) is 22.5. The first-order chi connectivity index (χ1) is 23.5. The lowest BCUT2D eigenvalue weighted by atomic mass is 9.84. The van der Waals surface area contributed by atoms with E-state index < -0.39 is 47.0 Å². The van der Waals surface area contributed by atoms with E-state index in [-0.39, 0.29) is 37.0 Å². The number of rotatable bonds is 14. The molecule has 280 valence electrons. The van der Waals surface area contributed by atoms with Crippen molar-refractivity contribution in [2.45, 2.75) is 111 Å². The van der Waals surface area contributed by atoms with Crippen LogP contribution in [0.3, 0.4) is 0 Å². The Hall–Kier alpha value is -3.42. The average molecular weight is 703 g/mol. The third-order valence-corrected chi connectivity index (χ3v) is 9.04. The topological polar surface area (TPSA) is 147 Å². The van der Waals surface area contributed by atoms with E-state index in [2.05, 4.69) is 5.32 Å². The number of benzene rings is 1. The van der Waals surface area contributed by atoms with Crippen molar-refractivity contribution < 1.29 is 43.2 Å². The Morgan fingerprint density at radius 1 is 1.08 bits per heavy atom. The number of likely N-dealkylation sites (tertiary alicyclic amines) is 1. The number of fused-ring (bicyclic) bond motifs is 1. The zero-order valence-corrected chi connectivity index (χ0v) is 31.3. The second-order valence-corrected chi connectivity index (χ2v) is 15.4. The third-order valence-electron chi connectivity index (χ3n) is 9.04. The molecule has 0 radical (unpaired) electrons. The molecular formula is C37H58N4O9. The van der Waals surface area contributed by atoms with Gasteiger partial charge in [-0.25, -0.2) is 4.79 Å². The van der Waals surface area contributed by atoms with Crippen molar-refractivity contribution in [2.24, 2.45) is 17.8 Å². The molecule has 0 bridgehead atoms. The molecule has 1 saturated carbocycles. The number of ether oxygens (including phenoxy) is 4. The van der Waals surface area contributed by atoms with Gasteiger partial charge in [-0.2, -0.15) is 0 Å². The van der Waals surface area contributed by atoms with E-state index in [0.29, 0.717) is 56.5 Å². The molecule has 1 aliphatic carbocycles. The molecule has 13 heteroatoms. The number of hydrogen-bond donors (Lipinski definition) is 2. The molecule has 3 aliphatic rings. The Bertz CT molecular complexity index is 1370. The van der Waals surface area contributed by atoms with Crippen LogP contribution in [0.1, 0.15) is 81.6 Å². The smallest absolute Gasteiger partial charge is 0.410 e. The number of hydrogen-bond acceptors (Lipinski definition) is 9. The molecule has 2 fully saturated rings. The predicted octanol–water partition coefficient (Wildman–Crippen LogP) is 4.13. The van der Waals surface area contributed by atoms with E-state index in [9.17, 15) is 24.3 Å². The van der Waals surface area contributed by atoms with Gasteiger partial charge >= 0.3 is 6.09 Å². The van der Waals surface area contributed by atoms with Gasteiger partial charge in [0.2, 0.25) is 11.8 Å². The molecule has 1 saturated heterocycles. The van der Waals surface area contributed by atoms with Gasteiger partial charge in [0.15, 0.2) is 5.60 Å². The zero-order chi connectivity index (χ0) is 37.0. The first-order valence-electron chi connectivity index (χ1n) is 18.1. The van der Waals surface area contributed by atoms with Crippen molar-refractivity contribution in [2.75, 3.05) is 55.9 Å². The van der Waals surface area contributed by atoms with E-state index in [1.165, 1.54) is 4.90 Å². The summed E-state index contributed by atoms with van der Waals surface area (Å²) in [5.41, 5.74) is -0.844. The SMILES string of the molecule is CCOCCN1C(=O)C(C)(C)Oc2ccc(N(C(=O)[C@H]3CN(C(=O)OC(C)(C)C)C[C@@H](C(=O)N[C@@H](COCC)CC(C)C)[C@H]3O)C3CC3)cc21. The maximum Gasteiger partial charge on any atom is 0.410 e. The molecule has 2 N–H and O–H groups in total. The fourth-order valence-corrected chi connectivity index (χ4v) is 6.55. The predicted molar refractivity (Wildman–Crippen MR) is 189 cm³/mol. The fourth-order valence-electron chi connectivity index (χ4n) is 6.55. The van der Waals surface area contributed by atoms with Gasteiger partial charge in [0, 0.05) is 44.6 Å². The van der Waals surface area contributed by atoms with Gasteiger partial charge in [0.05, 0.1) is 42.9 Å². The molecule has 1 aromatic rings. The van der Waals surface area contributed by atoms with E-state index in [0.717, 1.165) is 12.8 Å². The number of amides is 4. The Labute approximate surface area is 296 Å². The molecule has 0 aromatic heterocycles. The quantitative estimate of drug-likeness (QED) is 0.273. The highest BCUT2D eigenvalue weighted by Gasteiger charge is 2.49. The molecule has 0 unspecified atom stereocenters. The highest BCUT2D eigenvalue weighted by Crippen LogP contribution is 2.43. The summed E-state index contributed by atoms with van der Waals surface area (Å²) < 4.78 is 22.9. The summed E-state index contributed by atoms with van der Waals surface area (Å²) in [6, 6.07) is 4.84. The number of nitrogens with zero attached hydrogens (tertiary/aromatic N) is 3. The van der Waals surface area contributed by atoms with Crippen LogP contribution in [0.4, 0.5) is 16.2 Å². The van der Waals surface area contributed by atoms with Crippen LogP contribution in [0.2, 0.25) is 0 Å². The van der Waals surface area contributed by atoms with Gasteiger partial charge < -0.3 is 44.1 Å². The molecule has 1 aromatic carbocycles. The summed E-state index contributed by atoms with van der Waals surface area (Å²) in [6.07, 6.45) is 0.112. The summed E-state index contributed by atoms with van der Waals surface area (Å²) in [5.74, 6) is -2.52. The van der Waals surface area contributed by atoms with Crippen LogP contribution >= 0.6 is 0 Å². The summed E-state index contributed by atoms with van der Waals surface area (Å²) in [6.45, 7) is 18.2. The largest absolute Gasteiger partial charge is 0.476 e. The van der Waals surface area contributed by atoms with E-state index in [1.54, 1.807) is 62.6 Å². The highest BCUT2D eigenvalue weighted by atomic mass is 16.6. The molecule has 4 rings (SSSR count). The number of anilines is 2. The Morgan fingerprint density at radius 3 is 2.34 bits per heavy atom. The summed E-state index contributed by atoms with van der Waals surface area (Å²) in [4.78, 5) is 60.1. The number of carbonyl (C=O) groups excluding carboxylic acids is 4. The van der Waals surface area contributed by atoms with Gasteiger partial charge in [-0.3, -0.25) is 14.4 Å².